The number of benzene rings is 2. The molecule has 2 fully saturated rings. The van der Waals surface area contributed by atoms with Crippen LogP contribution in [0.25, 0.3) is 0 Å². The minimum Gasteiger partial charge on any atom is -0.389 e. The van der Waals surface area contributed by atoms with E-state index in [1.807, 2.05) is 25.1 Å². The van der Waals surface area contributed by atoms with Gasteiger partial charge in [-0.15, -0.1) is 5.92 Å². The molecule has 1 unspecified atom stereocenters. The molecule has 4 rings (SSSR count). The third-order valence-electron chi connectivity index (χ3n) is 7.83. The lowest BCUT2D eigenvalue weighted by Crippen LogP contribution is -2.51. The highest BCUT2D eigenvalue weighted by atomic mass is 35.5. The van der Waals surface area contributed by atoms with E-state index in [0.717, 1.165) is 51.9 Å². The number of hydrogen-bond donors (Lipinski definition) is 1. The number of piperazine rings is 1. The quantitative estimate of drug-likeness (QED) is 0.343. The van der Waals surface area contributed by atoms with Gasteiger partial charge in [-0.3, -0.25) is 19.4 Å². The van der Waals surface area contributed by atoms with Crippen LogP contribution in [0.3, 0.4) is 0 Å². The Bertz CT molecular complexity index is 1210. The summed E-state index contributed by atoms with van der Waals surface area (Å²) in [6, 6.07) is 14.0. The summed E-state index contributed by atoms with van der Waals surface area (Å²) in [6.45, 7) is 5.85. The number of ketones is 1. The van der Waals surface area contributed by atoms with E-state index < -0.39 is 11.7 Å². The van der Waals surface area contributed by atoms with Gasteiger partial charge in [0.25, 0.3) is 0 Å². The molecular weight excluding hydrogens is 526 g/mol. The summed E-state index contributed by atoms with van der Waals surface area (Å²) in [5.74, 6) is 6.00. The van der Waals surface area contributed by atoms with E-state index in [0.29, 0.717) is 28.4 Å². The first-order chi connectivity index (χ1) is 19.3. The van der Waals surface area contributed by atoms with Crippen LogP contribution in [0, 0.1) is 11.8 Å². The molecule has 1 atom stereocenters. The molecule has 2 aliphatic rings. The maximum Gasteiger partial charge on any atom is 0.240 e. The monoisotopic (exact) mass is 565 g/mol. The van der Waals surface area contributed by atoms with Crippen LogP contribution in [0.4, 0.5) is 5.69 Å². The van der Waals surface area contributed by atoms with Crippen LogP contribution in [-0.4, -0.2) is 91.2 Å². The normalized spacial score (nSPS) is 18.4. The second-order valence-electron chi connectivity index (χ2n) is 10.8. The van der Waals surface area contributed by atoms with Crippen molar-refractivity contribution >= 4 is 29.0 Å². The smallest absolute Gasteiger partial charge is 0.240 e. The van der Waals surface area contributed by atoms with E-state index >= 15 is 0 Å². The summed E-state index contributed by atoms with van der Waals surface area (Å²) in [5.41, 5.74) is 1.07. The van der Waals surface area contributed by atoms with Gasteiger partial charge >= 0.3 is 0 Å². The van der Waals surface area contributed by atoms with Gasteiger partial charge < -0.3 is 14.7 Å². The van der Waals surface area contributed by atoms with Gasteiger partial charge in [0.1, 0.15) is 5.60 Å². The minimum atomic E-state index is -0.581. The Morgan fingerprint density at radius 3 is 2.40 bits per heavy atom. The van der Waals surface area contributed by atoms with Crippen molar-refractivity contribution in [1.29, 1.82) is 0 Å². The molecular formula is C32H40ClN3O4. The van der Waals surface area contributed by atoms with Gasteiger partial charge in [-0.2, -0.15) is 0 Å². The van der Waals surface area contributed by atoms with Gasteiger partial charge in [-0.25, -0.2) is 0 Å². The van der Waals surface area contributed by atoms with E-state index in [1.165, 1.54) is 6.42 Å². The number of hydrogen-bond acceptors (Lipinski definition) is 6. The van der Waals surface area contributed by atoms with Crippen molar-refractivity contribution in [3.8, 4) is 11.8 Å². The zero-order chi connectivity index (χ0) is 28.5. The van der Waals surface area contributed by atoms with Crippen LogP contribution in [0.5, 0.6) is 0 Å². The summed E-state index contributed by atoms with van der Waals surface area (Å²) >= 11 is 6.22. The molecule has 1 saturated heterocycles. The number of aliphatic hydroxyl groups excluding tert-OH is 1. The molecule has 40 heavy (non-hydrogen) atoms. The summed E-state index contributed by atoms with van der Waals surface area (Å²) in [7, 11) is 1.70. The number of halogens is 1. The highest BCUT2D eigenvalue weighted by Crippen LogP contribution is 2.31. The largest absolute Gasteiger partial charge is 0.389 e. The van der Waals surface area contributed by atoms with E-state index in [2.05, 4.69) is 21.6 Å². The molecule has 1 amide bonds. The van der Waals surface area contributed by atoms with Crippen LogP contribution in [0.15, 0.2) is 48.5 Å². The predicted molar refractivity (Wildman–Crippen MR) is 159 cm³/mol. The van der Waals surface area contributed by atoms with Crippen LogP contribution in [-0.2, 0) is 9.53 Å². The van der Waals surface area contributed by atoms with Crippen molar-refractivity contribution in [3.63, 3.8) is 0 Å². The Balaban J connectivity index is 1.27. The molecule has 1 saturated carbocycles. The molecule has 2 aromatic carbocycles. The second-order valence-corrected chi connectivity index (χ2v) is 11.2. The van der Waals surface area contributed by atoms with Gasteiger partial charge in [-0.1, -0.05) is 54.3 Å². The van der Waals surface area contributed by atoms with Crippen LogP contribution >= 0.6 is 11.6 Å². The Hall–Kier alpha value is -2.73. The third kappa shape index (κ3) is 7.93. The van der Waals surface area contributed by atoms with Crippen LogP contribution in [0.2, 0.25) is 5.02 Å². The Morgan fingerprint density at radius 2 is 1.73 bits per heavy atom. The fraction of sp³-hybridized carbons (Fsp3) is 0.500. The number of nitrogens with zero attached hydrogens (tertiary/aromatic N) is 3. The first-order valence-electron chi connectivity index (χ1n) is 14.2. The number of likely N-dealkylation sites (N-methyl/N-ethyl adjacent to an activating group) is 1. The SMILES string of the molecule is CC#CC1(OCC(O)CN2CCN(CC(=O)N(C)c3ccc(Cl)cc3C(=O)c3ccccc3)CC2)CCCCC1. The number of rotatable bonds is 10. The molecule has 1 N–H and O–H groups in total. The zero-order valence-corrected chi connectivity index (χ0v) is 24.3. The molecule has 0 radical (unpaired) electrons. The first kappa shape index (κ1) is 30.2. The fourth-order valence-electron chi connectivity index (χ4n) is 5.55. The number of β-amino-alcohol motifs (C(OH)–C–C–N with tert-alkyl or cyclic N) is 1. The van der Waals surface area contributed by atoms with Crippen molar-refractivity contribution < 1.29 is 19.4 Å². The van der Waals surface area contributed by atoms with Gasteiger partial charge in [0.05, 0.1) is 24.9 Å². The average Bonchev–Trinajstić information content (AvgIpc) is 2.97. The van der Waals surface area contributed by atoms with Gasteiger partial charge in [0.2, 0.25) is 5.91 Å². The third-order valence-corrected chi connectivity index (χ3v) is 8.07. The van der Waals surface area contributed by atoms with E-state index in [1.54, 1.807) is 42.3 Å². The summed E-state index contributed by atoms with van der Waals surface area (Å²) in [4.78, 5) is 32.3. The maximum absolute atomic E-state index is 13.2. The lowest BCUT2D eigenvalue weighted by atomic mass is 9.85. The van der Waals surface area contributed by atoms with Crippen molar-refractivity contribution in [2.75, 3.05) is 57.8 Å². The summed E-state index contributed by atoms with van der Waals surface area (Å²) < 4.78 is 6.18. The fourth-order valence-corrected chi connectivity index (χ4v) is 5.72. The first-order valence-corrected chi connectivity index (χ1v) is 14.5. The zero-order valence-electron chi connectivity index (χ0n) is 23.6. The highest BCUT2D eigenvalue weighted by molar-refractivity contribution is 6.31. The minimum absolute atomic E-state index is 0.0962. The summed E-state index contributed by atoms with van der Waals surface area (Å²) in [5, 5.41) is 11.1. The highest BCUT2D eigenvalue weighted by Gasteiger charge is 2.32. The number of amides is 1. The van der Waals surface area contributed by atoms with Crippen LogP contribution < -0.4 is 4.90 Å². The standard InChI is InChI=1S/C32H40ClN3O4/c1-3-14-32(15-8-5-9-16-32)40-24-27(37)22-35-17-19-36(20-18-35)23-30(38)34(2)29-13-12-26(33)21-28(29)31(39)25-10-6-4-7-11-25/h4,6-7,10-13,21,27,37H,5,8-9,15-20,22-24H2,1-2H3. The number of ether oxygens (including phenoxy) is 1. The topological polar surface area (TPSA) is 73.3 Å². The average molecular weight is 566 g/mol. The molecule has 8 heteroatoms. The lowest BCUT2D eigenvalue weighted by Gasteiger charge is -2.37. The van der Waals surface area contributed by atoms with Gasteiger partial charge in [-0.05, 0) is 50.8 Å². The number of anilines is 1. The van der Waals surface area contributed by atoms with Crippen LogP contribution in [0.1, 0.15) is 54.9 Å². The molecule has 214 valence electrons. The van der Waals surface area contributed by atoms with Crippen molar-refractivity contribution in [2.24, 2.45) is 0 Å². The van der Waals surface area contributed by atoms with Gasteiger partial charge in [0.15, 0.2) is 5.78 Å². The Kier molecular flexibility index (Phi) is 10.8. The molecule has 7 nitrogen and oxygen atoms in total. The summed E-state index contributed by atoms with van der Waals surface area (Å²) in [6.07, 6.45) is 4.72. The molecule has 1 aliphatic heterocycles. The van der Waals surface area contributed by atoms with Crippen molar-refractivity contribution in [1.82, 2.24) is 9.80 Å². The van der Waals surface area contributed by atoms with E-state index in [9.17, 15) is 14.7 Å². The van der Waals surface area contributed by atoms with Crippen molar-refractivity contribution in [3.05, 3.63) is 64.7 Å². The molecule has 0 spiro atoms. The molecule has 0 bridgehead atoms. The number of carbonyl (C=O) groups excluding carboxylic acids is 2. The molecule has 2 aromatic rings. The Morgan fingerprint density at radius 1 is 1.05 bits per heavy atom. The maximum atomic E-state index is 13.2. The van der Waals surface area contributed by atoms with E-state index in [-0.39, 0.29) is 24.8 Å². The number of carbonyl (C=O) groups is 2. The molecule has 0 aromatic heterocycles. The second kappa shape index (κ2) is 14.2. The molecule has 1 heterocycles. The Labute approximate surface area is 243 Å². The van der Waals surface area contributed by atoms with Gasteiger partial charge in [0, 0.05) is 55.9 Å². The van der Waals surface area contributed by atoms with Crippen molar-refractivity contribution in [2.45, 2.75) is 50.7 Å². The number of aliphatic hydroxyl groups is 1. The molecule has 1 aliphatic carbocycles. The van der Waals surface area contributed by atoms with E-state index in [4.69, 9.17) is 16.3 Å². The lowest BCUT2D eigenvalue weighted by molar-refractivity contribution is -0.120. The predicted octanol–water partition coefficient (Wildman–Crippen LogP) is 4.26.